The fraction of sp³-hybridized carbons (Fsp3) is 0.864. The van der Waals surface area contributed by atoms with Crippen LogP contribution in [0.4, 0.5) is 0 Å². The molecule has 1 fully saturated rings. The van der Waals surface area contributed by atoms with Gasteiger partial charge in [0.05, 0.1) is 11.3 Å². The quantitative estimate of drug-likeness (QED) is 0.740. The van der Waals surface area contributed by atoms with Gasteiger partial charge >= 0.3 is 0 Å². The fourth-order valence-electron chi connectivity index (χ4n) is 4.14. The van der Waals surface area contributed by atoms with Crippen molar-refractivity contribution >= 4 is 15.9 Å². The van der Waals surface area contributed by atoms with Gasteiger partial charge in [-0.1, -0.05) is 62.3 Å². The Morgan fingerprint density at radius 2 is 1.54 bits per heavy atom. The zero-order valence-electron chi connectivity index (χ0n) is 19.8. The van der Waals surface area contributed by atoms with Crippen LogP contribution in [0, 0.1) is 16.2 Å². The SMILES string of the molecule is CC(C)S(=O)(=O)NC1CC2=C(C(C)(C)C)C(C(C)(C)C)N=C(C(C)(C)C)N2C1. The molecule has 2 rings (SSSR count). The number of rotatable bonds is 3. The normalized spacial score (nSPS) is 24.7. The first-order valence-electron chi connectivity index (χ1n) is 10.5. The number of nitrogens with zero attached hydrogens (tertiary/aromatic N) is 2. The third kappa shape index (κ3) is 4.64. The van der Waals surface area contributed by atoms with E-state index in [0.717, 1.165) is 12.3 Å². The van der Waals surface area contributed by atoms with Crippen LogP contribution in [-0.4, -0.2) is 43.0 Å². The van der Waals surface area contributed by atoms with Crippen LogP contribution < -0.4 is 4.72 Å². The van der Waals surface area contributed by atoms with Crippen molar-refractivity contribution in [2.24, 2.45) is 21.2 Å². The average Bonchev–Trinajstić information content (AvgIpc) is 2.83. The number of hydrogen-bond acceptors (Lipinski definition) is 4. The summed E-state index contributed by atoms with van der Waals surface area (Å²) in [6.45, 7) is 24.1. The first kappa shape index (κ1) is 23.4. The van der Waals surface area contributed by atoms with Gasteiger partial charge in [0.25, 0.3) is 0 Å². The van der Waals surface area contributed by atoms with Crippen LogP contribution in [0.3, 0.4) is 0 Å². The molecule has 1 saturated heterocycles. The topological polar surface area (TPSA) is 61.8 Å². The number of fused-ring (bicyclic) bond motifs is 1. The van der Waals surface area contributed by atoms with Crippen molar-refractivity contribution in [2.45, 2.75) is 99.9 Å². The van der Waals surface area contributed by atoms with Gasteiger partial charge in [0.1, 0.15) is 5.84 Å². The maximum atomic E-state index is 12.5. The molecular formula is C22H41N3O2S. The Hall–Kier alpha value is -0.880. The van der Waals surface area contributed by atoms with Gasteiger partial charge in [-0.2, -0.15) is 0 Å². The molecule has 2 heterocycles. The summed E-state index contributed by atoms with van der Waals surface area (Å²) in [4.78, 5) is 7.59. The van der Waals surface area contributed by atoms with Gasteiger partial charge in [0.2, 0.25) is 10.0 Å². The van der Waals surface area contributed by atoms with Crippen LogP contribution in [0.1, 0.15) is 82.6 Å². The summed E-state index contributed by atoms with van der Waals surface area (Å²) in [7, 11) is -3.31. The Morgan fingerprint density at radius 1 is 1.00 bits per heavy atom. The van der Waals surface area contributed by atoms with Crippen molar-refractivity contribution < 1.29 is 8.42 Å². The lowest BCUT2D eigenvalue weighted by Gasteiger charge is -2.45. The van der Waals surface area contributed by atoms with Crippen LogP contribution in [0.5, 0.6) is 0 Å². The lowest BCUT2D eigenvalue weighted by Crippen LogP contribution is -2.48. The van der Waals surface area contributed by atoms with E-state index in [2.05, 4.69) is 71.9 Å². The summed E-state index contributed by atoms with van der Waals surface area (Å²) in [5, 5.41) is -0.431. The van der Waals surface area contributed by atoms with Crippen molar-refractivity contribution in [3.8, 4) is 0 Å². The summed E-state index contributed by atoms with van der Waals surface area (Å²) in [6.07, 6.45) is 0.722. The zero-order chi connectivity index (χ0) is 21.9. The van der Waals surface area contributed by atoms with Gasteiger partial charge in [-0.25, -0.2) is 13.1 Å². The largest absolute Gasteiger partial charge is 0.332 e. The summed E-state index contributed by atoms with van der Waals surface area (Å²) in [5.41, 5.74) is 2.46. The molecule has 0 aromatic heterocycles. The van der Waals surface area contributed by atoms with Crippen molar-refractivity contribution in [2.75, 3.05) is 6.54 Å². The molecular weight excluding hydrogens is 370 g/mol. The predicted octanol–water partition coefficient (Wildman–Crippen LogP) is 4.56. The molecule has 0 spiro atoms. The number of sulfonamides is 1. The maximum absolute atomic E-state index is 12.5. The smallest absolute Gasteiger partial charge is 0.214 e. The molecule has 0 radical (unpaired) electrons. The van der Waals surface area contributed by atoms with E-state index in [1.54, 1.807) is 13.8 Å². The van der Waals surface area contributed by atoms with Crippen molar-refractivity contribution in [3.63, 3.8) is 0 Å². The number of hydrogen-bond donors (Lipinski definition) is 1. The first-order valence-corrected chi connectivity index (χ1v) is 12.0. The molecule has 162 valence electrons. The van der Waals surface area contributed by atoms with E-state index >= 15 is 0 Å². The van der Waals surface area contributed by atoms with E-state index < -0.39 is 15.3 Å². The predicted molar refractivity (Wildman–Crippen MR) is 119 cm³/mol. The maximum Gasteiger partial charge on any atom is 0.214 e. The van der Waals surface area contributed by atoms with Gasteiger partial charge < -0.3 is 4.90 Å². The van der Waals surface area contributed by atoms with E-state index in [9.17, 15) is 8.42 Å². The summed E-state index contributed by atoms with van der Waals surface area (Å²) < 4.78 is 27.9. The Kier molecular flexibility index (Phi) is 5.95. The van der Waals surface area contributed by atoms with Crippen LogP contribution in [0.25, 0.3) is 0 Å². The lowest BCUT2D eigenvalue weighted by atomic mass is 9.70. The van der Waals surface area contributed by atoms with Crippen molar-refractivity contribution in [1.82, 2.24) is 9.62 Å². The highest BCUT2D eigenvalue weighted by Gasteiger charge is 2.47. The Morgan fingerprint density at radius 3 is 1.93 bits per heavy atom. The van der Waals surface area contributed by atoms with Crippen LogP contribution in [0.15, 0.2) is 16.3 Å². The molecule has 2 unspecified atom stereocenters. The van der Waals surface area contributed by atoms with Crippen LogP contribution in [-0.2, 0) is 10.0 Å². The van der Waals surface area contributed by atoms with Gasteiger partial charge in [-0.15, -0.1) is 0 Å². The molecule has 28 heavy (non-hydrogen) atoms. The van der Waals surface area contributed by atoms with E-state index in [-0.39, 0.29) is 28.3 Å². The molecule has 0 amide bonds. The second-order valence-electron chi connectivity index (χ2n) is 11.8. The highest BCUT2D eigenvalue weighted by molar-refractivity contribution is 7.90. The average molecular weight is 412 g/mol. The summed E-state index contributed by atoms with van der Waals surface area (Å²) in [5.74, 6) is 1.07. The second kappa shape index (κ2) is 7.12. The third-order valence-electron chi connectivity index (χ3n) is 5.51. The second-order valence-corrected chi connectivity index (χ2v) is 14.1. The minimum absolute atomic E-state index is 0.00622. The highest BCUT2D eigenvalue weighted by Crippen LogP contribution is 2.47. The molecule has 1 N–H and O–H groups in total. The molecule has 5 nitrogen and oxygen atoms in total. The number of amidine groups is 1. The van der Waals surface area contributed by atoms with Crippen LogP contribution in [0.2, 0.25) is 0 Å². The molecule has 0 aromatic rings. The van der Waals surface area contributed by atoms with Gasteiger partial charge in [0, 0.05) is 30.1 Å². The van der Waals surface area contributed by atoms with Crippen LogP contribution >= 0.6 is 0 Å². The summed E-state index contributed by atoms with van der Waals surface area (Å²) >= 11 is 0. The van der Waals surface area contributed by atoms with E-state index in [4.69, 9.17) is 4.99 Å². The molecule has 0 bridgehead atoms. The Labute approximate surface area is 173 Å². The molecule has 0 saturated carbocycles. The van der Waals surface area contributed by atoms with E-state index in [1.165, 1.54) is 11.3 Å². The number of nitrogens with one attached hydrogen (secondary N) is 1. The third-order valence-corrected chi connectivity index (χ3v) is 7.41. The molecule has 2 aliphatic heterocycles. The van der Waals surface area contributed by atoms with Crippen molar-refractivity contribution in [3.05, 3.63) is 11.3 Å². The molecule has 2 atom stereocenters. The standard InChI is InChI=1S/C22H41N3O2S/c1-14(2)28(26,27)24-15-12-16-17(20(3,4)5)18(21(6,7)8)23-19(22(9,10)11)25(16)13-15/h14-15,18,24H,12-13H2,1-11H3. The minimum Gasteiger partial charge on any atom is -0.332 e. The van der Waals surface area contributed by atoms with Gasteiger partial charge in [-0.3, -0.25) is 4.99 Å². The highest BCUT2D eigenvalue weighted by atomic mass is 32.2. The minimum atomic E-state index is -3.31. The number of aliphatic imine (C=N–C) groups is 1. The summed E-state index contributed by atoms with van der Waals surface area (Å²) in [6, 6.07) is -0.0283. The zero-order valence-corrected chi connectivity index (χ0v) is 20.6. The molecule has 6 heteroatoms. The Balaban J connectivity index is 2.60. The first-order chi connectivity index (χ1) is 12.4. The lowest BCUT2D eigenvalue weighted by molar-refractivity contribution is 0.285. The van der Waals surface area contributed by atoms with Gasteiger partial charge in [0.15, 0.2) is 0 Å². The fourth-order valence-corrected chi connectivity index (χ4v) is 5.03. The Bertz CT molecular complexity index is 772. The van der Waals surface area contributed by atoms with E-state index in [1.807, 2.05) is 0 Å². The monoisotopic (exact) mass is 411 g/mol. The molecule has 2 aliphatic rings. The van der Waals surface area contributed by atoms with Crippen molar-refractivity contribution in [1.29, 1.82) is 0 Å². The molecule has 0 aliphatic carbocycles. The molecule has 0 aromatic carbocycles. The van der Waals surface area contributed by atoms with E-state index in [0.29, 0.717) is 6.54 Å². The van der Waals surface area contributed by atoms with Gasteiger partial charge in [-0.05, 0) is 30.3 Å².